The van der Waals surface area contributed by atoms with Crippen LogP contribution >= 0.6 is 11.3 Å². The number of aromatic nitrogens is 1. The van der Waals surface area contributed by atoms with Gasteiger partial charge in [-0.15, -0.1) is 11.3 Å². The Kier molecular flexibility index (Phi) is 4.41. The van der Waals surface area contributed by atoms with Crippen LogP contribution in [-0.2, 0) is 0 Å². The molecule has 0 bridgehead atoms. The Morgan fingerprint density at radius 3 is 3.05 bits per heavy atom. The van der Waals surface area contributed by atoms with Gasteiger partial charge in [0.15, 0.2) is 0 Å². The summed E-state index contributed by atoms with van der Waals surface area (Å²) >= 11 is 1.41. The number of nitrogens with one attached hydrogen (secondary N) is 1. The van der Waals surface area contributed by atoms with E-state index in [-0.39, 0.29) is 5.69 Å². The Bertz CT molecular complexity index is 651. The molecule has 0 aliphatic heterocycles. The Balaban J connectivity index is 2.20. The van der Waals surface area contributed by atoms with E-state index >= 15 is 0 Å². The maximum Gasteiger partial charge on any atom is 0.270 e. The normalized spacial score (nSPS) is 11.4. The zero-order valence-corrected chi connectivity index (χ0v) is 12.0. The Hall–Kier alpha value is -2.28. The van der Waals surface area contributed by atoms with Crippen LogP contribution in [0, 0.1) is 10.1 Å². The molecule has 0 amide bonds. The van der Waals surface area contributed by atoms with E-state index in [0.717, 1.165) is 17.7 Å². The van der Waals surface area contributed by atoms with Crippen molar-refractivity contribution >= 4 is 27.9 Å². The zero-order chi connectivity index (χ0) is 14.5. The van der Waals surface area contributed by atoms with E-state index in [9.17, 15) is 10.1 Å². The molecule has 2 rings (SSSR count). The van der Waals surface area contributed by atoms with E-state index in [1.165, 1.54) is 23.5 Å². The molecule has 1 aromatic carbocycles. The molecule has 1 aromatic heterocycles. The minimum atomic E-state index is -0.413. The van der Waals surface area contributed by atoms with Crippen molar-refractivity contribution in [3.05, 3.63) is 39.8 Å². The highest BCUT2D eigenvalue weighted by molar-refractivity contribution is 7.14. The topological polar surface area (TPSA) is 80.4 Å². The molecule has 0 aliphatic carbocycles. The van der Waals surface area contributed by atoms with Crippen molar-refractivity contribution in [1.82, 2.24) is 4.98 Å². The highest BCUT2D eigenvalue weighted by atomic mass is 32.1. The van der Waals surface area contributed by atoms with Gasteiger partial charge >= 0.3 is 0 Å². The van der Waals surface area contributed by atoms with Gasteiger partial charge in [0.2, 0.25) is 5.13 Å². The van der Waals surface area contributed by atoms with Crippen LogP contribution < -0.4 is 5.43 Å². The molecule has 0 aliphatic rings. The third-order valence-corrected chi connectivity index (χ3v) is 3.46. The fourth-order valence-corrected chi connectivity index (χ4v) is 2.12. The van der Waals surface area contributed by atoms with Crippen molar-refractivity contribution in [2.24, 2.45) is 5.10 Å². The Morgan fingerprint density at radius 1 is 1.55 bits per heavy atom. The average molecular weight is 290 g/mol. The third-order valence-electron chi connectivity index (χ3n) is 2.71. The second-order valence-electron chi connectivity index (χ2n) is 4.16. The van der Waals surface area contributed by atoms with Gasteiger partial charge in [-0.05, 0) is 13.3 Å². The number of hydrazone groups is 1. The van der Waals surface area contributed by atoms with Crippen molar-refractivity contribution in [3.63, 3.8) is 0 Å². The summed E-state index contributed by atoms with van der Waals surface area (Å²) in [6, 6.07) is 6.43. The number of anilines is 1. The molecule has 0 radical (unpaired) electrons. The van der Waals surface area contributed by atoms with Crippen LogP contribution in [0.3, 0.4) is 0 Å². The van der Waals surface area contributed by atoms with Crippen LogP contribution in [0.15, 0.2) is 34.7 Å². The summed E-state index contributed by atoms with van der Waals surface area (Å²) in [5.74, 6) is 0. The van der Waals surface area contributed by atoms with Gasteiger partial charge in [-0.1, -0.05) is 19.1 Å². The van der Waals surface area contributed by atoms with Crippen LogP contribution in [0.4, 0.5) is 10.8 Å². The highest BCUT2D eigenvalue weighted by Gasteiger charge is 2.09. The molecular weight excluding hydrogens is 276 g/mol. The zero-order valence-electron chi connectivity index (χ0n) is 11.2. The Morgan fingerprint density at radius 2 is 2.35 bits per heavy atom. The second kappa shape index (κ2) is 6.25. The molecule has 104 valence electrons. The Labute approximate surface area is 120 Å². The number of non-ortho nitro benzene ring substituents is 1. The molecule has 0 unspecified atom stereocenters. The van der Waals surface area contributed by atoms with Gasteiger partial charge in [-0.2, -0.15) is 5.10 Å². The average Bonchev–Trinajstić information content (AvgIpc) is 2.93. The van der Waals surface area contributed by atoms with Crippen LogP contribution in [-0.4, -0.2) is 15.6 Å². The lowest BCUT2D eigenvalue weighted by atomic mass is 10.1. The lowest BCUT2D eigenvalue weighted by Crippen LogP contribution is -1.95. The molecule has 0 fully saturated rings. The molecule has 0 spiro atoms. The van der Waals surface area contributed by atoms with Crippen LogP contribution in [0.1, 0.15) is 20.3 Å². The predicted molar refractivity (Wildman–Crippen MR) is 81.2 cm³/mol. The van der Waals surface area contributed by atoms with E-state index in [2.05, 4.69) is 15.5 Å². The number of hydrogen-bond donors (Lipinski definition) is 1. The van der Waals surface area contributed by atoms with Crippen molar-refractivity contribution in [1.29, 1.82) is 0 Å². The summed E-state index contributed by atoms with van der Waals surface area (Å²) in [7, 11) is 0. The first-order valence-electron chi connectivity index (χ1n) is 6.09. The number of benzene rings is 1. The third kappa shape index (κ3) is 3.39. The molecule has 2 aromatic rings. The molecule has 0 saturated carbocycles. The molecule has 20 heavy (non-hydrogen) atoms. The van der Waals surface area contributed by atoms with Crippen LogP contribution in [0.2, 0.25) is 0 Å². The molecule has 0 saturated heterocycles. The van der Waals surface area contributed by atoms with Gasteiger partial charge in [0.1, 0.15) is 0 Å². The first kappa shape index (κ1) is 14.1. The highest BCUT2D eigenvalue weighted by Crippen LogP contribution is 2.27. The fraction of sp³-hybridized carbons (Fsp3) is 0.231. The van der Waals surface area contributed by atoms with Gasteiger partial charge in [0.05, 0.1) is 10.6 Å². The SMILES string of the molecule is CC/C(C)=N\Nc1nc(-c2cccc([N+](=O)[O-])c2)cs1. The summed E-state index contributed by atoms with van der Waals surface area (Å²) in [6.07, 6.45) is 0.871. The molecule has 7 heteroatoms. The first-order chi connectivity index (χ1) is 9.60. The predicted octanol–water partition coefficient (Wildman–Crippen LogP) is 3.92. The fourth-order valence-electron chi connectivity index (χ4n) is 1.46. The quantitative estimate of drug-likeness (QED) is 0.514. The van der Waals surface area contributed by atoms with Crippen molar-refractivity contribution in [2.75, 3.05) is 5.43 Å². The maximum absolute atomic E-state index is 10.8. The largest absolute Gasteiger partial charge is 0.270 e. The molecule has 6 nitrogen and oxygen atoms in total. The maximum atomic E-state index is 10.8. The van der Waals surface area contributed by atoms with Crippen molar-refractivity contribution in [3.8, 4) is 11.3 Å². The van der Waals surface area contributed by atoms with E-state index in [1.807, 2.05) is 19.2 Å². The summed E-state index contributed by atoms with van der Waals surface area (Å²) in [5.41, 5.74) is 5.35. The van der Waals surface area contributed by atoms with Crippen molar-refractivity contribution < 1.29 is 4.92 Å². The number of rotatable bonds is 5. The van der Waals surface area contributed by atoms with Gasteiger partial charge in [0.25, 0.3) is 5.69 Å². The summed E-state index contributed by atoms with van der Waals surface area (Å²) < 4.78 is 0. The van der Waals surface area contributed by atoms with Gasteiger partial charge < -0.3 is 0 Å². The van der Waals surface area contributed by atoms with E-state index < -0.39 is 4.92 Å². The van der Waals surface area contributed by atoms with E-state index in [1.54, 1.807) is 12.1 Å². The number of nitro groups is 1. The number of thiazole rings is 1. The number of nitro benzene ring substituents is 1. The smallest absolute Gasteiger partial charge is 0.258 e. The first-order valence-corrected chi connectivity index (χ1v) is 6.97. The monoisotopic (exact) mass is 290 g/mol. The minimum absolute atomic E-state index is 0.0601. The van der Waals surface area contributed by atoms with E-state index in [0.29, 0.717) is 10.8 Å². The second-order valence-corrected chi connectivity index (χ2v) is 5.02. The molecule has 1 heterocycles. The lowest BCUT2D eigenvalue weighted by molar-refractivity contribution is -0.384. The molecule has 0 atom stereocenters. The lowest BCUT2D eigenvalue weighted by Gasteiger charge is -1.98. The molecular formula is C13H14N4O2S. The van der Waals surface area contributed by atoms with Crippen LogP contribution in [0.25, 0.3) is 11.3 Å². The number of nitrogens with zero attached hydrogens (tertiary/aromatic N) is 3. The van der Waals surface area contributed by atoms with Gasteiger partial charge in [0, 0.05) is 28.8 Å². The molecule has 1 N–H and O–H groups in total. The summed E-state index contributed by atoms with van der Waals surface area (Å²) in [6.45, 7) is 3.96. The minimum Gasteiger partial charge on any atom is -0.258 e. The van der Waals surface area contributed by atoms with Crippen molar-refractivity contribution in [2.45, 2.75) is 20.3 Å². The van der Waals surface area contributed by atoms with Crippen LogP contribution in [0.5, 0.6) is 0 Å². The number of hydrogen-bond acceptors (Lipinski definition) is 6. The van der Waals surface area contributed by atoms with Gasteiger partial charge in [-0.25, -0.2) is 4.98 Å². The van der Waals surface area contributed by atoms with Gasteiger partial charge in [-0.3, -0.25) is 15.5 Å². The summed E-state index contributed by atoms with van der Waals surface area (Å²) in [5, 5.41) is 17.4. The van der Waals surface area contributed by atoms with E-state index in [4.69, 9.17) is 0 Å². The standard InChI is InChI=1S/C13H14N4O2S/c1-3-9(2)15-16-13-14-12(8-20-13)10-5-4-6-11(7-10)17(18)19/h4-8H,3H2,1-2H3,(H,14,16)/b15-9-. The summed E-state index contributed by atoms with van der Waals surface area (Å²) in [4.78, 5) is 14.7.